The van der Waals surface area contributed by atoms with E-state index in [0.29, 0.717) is 12.6 Å². The maximum Gasteiger partial charge on any atom is 0.223 e. The average Bonchev–Trinajstić information content (AvgIpc) is 3.37. The average molecular weight is 493 g/mol. The van der Waals surface area contributed by atoms with Gasteiger partial charge in [0.2, 0.25) is 5.91 Å². The van der Waals surface area contributed by atoms with E-state index in [4.69, 9.17) is 9.47 Å². The van der Waals surface area contributed by atoms with Gasteiger partial charge in [-0.25, -0.2) is 0 Å². The smallest absolute Gasteiger partial charge is 0.223 e. The summed E-state index contributed by atoms with van der Waals surface area (Å²) in [5.74, 6) is 2.53. The van der Waals surface area contributed by atoms with Crippen molar-refractivity contribution < 1.29 is 19.4 Å². The quantitative estimate of drug-likeness (QED) is 0.630. The van der Waals surface area contributed by atoms with Crippen LogP contribution in [0.3, 0.4) is 0 Å². The Morgan fingerprint density at radius 3 is 2.81 bits per heavy atom. The molecule has 6 atom stereocenters. The number of likely N-dealkylation sites (tertiary alicyclic amines) is 1. The number of fused-ring (bicyclic) bond motifs is 2. The lowest BCUT2D eigenvalue weighted by molar-refractivity contribution is -0.276. The van der Waals surface area contributed by atoms with Gasteiger partial charge in [-0.15, -0.1) is 0 Å². The highest BCUT2D eigenvalue weighted by atomic mass is 16.6. The highest BCUT2D eigenvalue weighted by Gasteiger charge is 2.80. The van der Waals surface area contributed by atoms with Gasteiger partial charge in [0, 0.05) is 54.5 Å². The lowest BCUT2D eigenvalue weighted by Crippen LogP contribution is -2.81. The van der Waals surface area contributed by atoms with E-state index in [2.05, 4.69) is 16.3 Å². The third kappa shape index (κ3) is 2.58. The number of amides is 1. The van der Waals surface area contributed by atoms with Gasteiger partial charge < -0.3 is 19.9 Å². The molecule has 6 nitrogen and oxygen atoms in total. The zero-order valence-corrected chi connectivity index (χ0v) is 21.6. The zero-order valence-electron chi connectivity index (χ0n) is 21.6. The summed E-state index contributed by atoms with van der Waals surface area (Å²) in [4.78, 5) is 15.9. The largest absolute Gasteiger partial charge is 0.504 e. The molecule has 0 radical (unpaired) electrons. The van der Waals surface area contributed by atoms with E-state index >= 15 is 0 Å². The molecule has 2 unspecified atom stereocenters. The minimum atomic E-state index is -0.437. The second-order valence-electron chi connectivity index (χ2n) is 13.3. The number of hydrogen-bond donors (Lipinski definition) is 2. The molecule has 1 aromatic rings. The number of nitrogens with zero attached hydrogens (tertiary/aromatic N) is 1. The molecule has 9 rings (SSSR count). The summed E-state index contributed by atoms with van der Waals surface area (Å²) < 4.78 is 13.4. The van der Waals surface area contributed by atoms with Crippen LogP contribution in [0.4, 0.5) is 0 Å². The molecule has 0 aromatic heterocycles. The predicted molar refractivity (Wildman–Crippen MR) is 135 cm³/mol. The van der Waals surface area contributed by atoms with Crippen LogP contribution in [0, 0.1) is 23.2 Å². The van der Waals surface area contributed by atoms with Gasteiger partial charge in [0.15, 0.2) is 11.5 Å². The highest BCUT2D eigenvalue weighted by molar-refractivity contribution is 5.78. The second-order valence-corrected chi connectivity index (χ2v) is 13.3. The van der Waals surface area contributed by atoms with Crippen molar-refractivity contribution in [1.29, 1.82) is 0 Å². The van der Waals surface area contributed by atoms with E-state index in [1.807, 2.05) is 13.2 Å². The Hall–Kier alpha value is -1.79. The van der Waals surface area contributed by atoms with Crippen molar-refractivity contribution in [1.82, 2.24) is 10.2 Å². The summed E-state index contributed by atoms with van der Waals surface area (Å²) >= 11 is 0. The normalized spacial score (nSPS) is 42.3. The molecule has 2 heterocycles. The number of benzene rings is 1. The topological polar surface area (TPSA) is 71.0 Å². The Morgan fingerprint density at radius 2 is 2.03 bits per heavy atom. The first-order valence-electron chi connectivity index (χ1n) is 14.6. The molecule has 6 heteroatoms. The predicted octanol–water partition coefficient (Wildman–Crippen LogP) is 3.92. The first-order chi connectivity index (χ1) is 17.5. The van der Waals surface area contributed by atoms with Crippen molar-refractivity contribution in [2.45, 2.75) is 93.8 Å². The number of ether oxygens (including phenoxy) is 2. The summed E-state index contributed by atoms with van der Waals surface area (Å²) in [6.07, 6.45) is 12.4. The van der Waals surface area contributed by atoms with E-state index in [1.54, 1.807) is 0 Å². The number of carbonyl (C=O) groups is 1. The van der Waals surface area contributed by atoms with Crippen LogP contribution in [0.5, 0.6) is 11.5 Å². The van der Waals surface area contributed by atoms with Gasteiger partial charge in [0.05, 0.1) is 0 Å². The van der Waals surface area contributed by atoms with Crippen molar-refractivity contribution in [2.24, 2.45) is 23.2 Å². The number of rotatable bonds is 6. The molecule has 2 N–H and O–H groups in total. The molecule has 2 aliphatic heterocycles. The fourth-order valence-corrected chi connectivity index (χ4v) is 10.3. The number of nitrogens with one attached hydrogen (secondary N) is 1. The minimum Gasteiger partial charge on any atom is -0.504 e. The van der Waals surface area contributed by atoms with E-state index in [0.717, 1.165) is 63.2 Å². The number of hydrogen-bond acceptors (Lipinski definition) is 5. The minimum absolute atomic E-state index is 0.0976. The molecule has 1 amide bonds. The van der Waals surface area contributed by atoms with Crippen LogP contribution in [0.2, 0.25) is 0 Å². The van der Waals surface area contributed by atoms with Gasteiger partial charge in [-0.1, -0.05) is 18.9 Å². The summed E-state index contributed by atoms with van der Waals surface area (Å²) in [5, 5.41) is 14.4. The summed E-state index contributed by atoms with van der Waals surface area (Å²) in [7, 11) is 1.86. The zero-order chi connectivity index (χ0) is 24.3. The van der Waals surface area contributed by atoms with Crippen molar-refractivity contribution in [3.8, 4) is 11.5 Å². The third-order valence-electron chi connectivity index (χ3n) is 12.1. The molecule has 6 fully saturated rings. The van der Waals surface area contributed by atoms with Crippen LogP contribution in [0.1, 0.15) is 75.3 Å². The number of piperidine rings is 1. The van der Waals surface area contributed by atoms with Crippen molar-refractivity contribution in [2.75, 3.05) is 26.7 Å². The Bertz CT molecular complexity index is 1110. The SMILES string of the molecule is COC12CC[C@@]3(C[C@@H]1CNC(=O)C1CCCC1)[C@H]1Cc4ccc(O)c5c4[C@@]3(CCN1CC1CC1)C2O5. The number of phenols is 1. The van der Waals surface area contributed by atoms with Crippen LogP contribution in [0.25, 0.3) is 0 Å². The molecule has 8 aliphatic rings. The fraction of sp³-hybridized carbons (Fsp3) is 0.767. The maximum atomic E-state index is 13.0. The van der Waals surface area contributed by atoms with Gasteiger partial charge in [-0.3, -0.25) is 9.69 Å². The Kier molecular flexibility index (Phi) is 4.57. The van der Waals surface area contributed by atoms with Crippen LogP contribution >= 0.6 is 0 Å². The lowest BCUT2D eigenvalue weighted by atomic mass is 9.35. The molecule has 1 saturated heterocycles. The van der Waals surface area contributed by atoms with Crippen molar-refractivity contribution >= 4 is 5.91 Å². The summed E-state index contributed by atoms with van der Waals surface area (Å²) in [5.41, 5.74) is 2.27. The molecule has 1 aromatic carbocycles. The van der Waals surface area contributed by atoms with Crippen LogP contribution in [0.15, 0.2) is 12.1 Å². The Labute approximate surface area is 214 Å². The van der Waals surface area contributed by atoms with Gasteiger partial charge >= 0.3 is 0 Å². The van der Waals surface area contributed by atoms with Crippen molar-refractivity contribution in [3.63, 3.8) is 0 Å². The number of aromatic hydroxyl groups is 1. The fourth-order valence-electron chi connectivity index (χ4n) is 10.3. The first kappa shape index (κ1) is 22.2. The van der Waals surface area contributed by atoms with Gasteiger partial charge in [-0.2, -0.15) is 0 Å². The third-order valence-corrected chi connectivity index (χ3v) is 12.1. The van der Waals surface area contributed by atoms with Gasteiger partial charge in [0.25, 0.3) is 0 Å². The number of phenolic OH excluding ortho intramolecular Hbond substituents is 1. The van der Waals surface area contributed by atoms with Crippen LogP contribution < -0.4 is 10.1 Å². The molecule has 36 heavy (non-hydrogen) atoms. The maximum absolute atomic E-state index is 13.0. The Balaban J connectivity index is 1.22. The molecule has 194 valence electrons. The van der Waals surface area contributed by atoms with Gasteiger partial charge in [-0.05, 0) is 81.9 Å². The van der Waals surface area contributed by atoms with E-state index in [1.165, 1.54) is 43.4 Å². The molecule has 5 saturated carbocycles. The Morgan fingerprint density at radius 1 is 1.19 bits per heavy atom. The monoisotopic (exact) mass is 492 g/mol. The number of methoxy groups -OCH3 is 1. The standard InChI is InChI=1S/C30H40N2O4/c1-35-30-11-10-28(15-21(30)16-31-26(34)19-4-2-3-5-19)23-14-20-8-9-22(33)25-24(20)29(28,27(30)36-25)12-13-32(23)17-18-6-7-18/h8-9,18-19,21,23,27,33H,2-7,10-17H2,1H3,(H,31,34)/t21-,23-,27?,28-,29+,30?/m1/s1. The number of carbonyl (C=O) groups excluding carboxylic acids is 1. The van der Waals surface area contributed by atoms with E-state index in [-0.39, 0.29) is 40.4 Å². The molecular weight excluding hydrogens is 452 g/mol. The molecule has 6 aliphatic carbocycles. The second kappa shape index (κ2) is 7.41. The summed E-state index contributed by atoms with van der Waals surface area (Å²) in [6, 6.07) is 4.52. The first-order valence-corrected chi connectivity index (χ1v) is 14.6. The van der Waals surface area contributed by atoms with E-state index in [9.17, 15) is 9.90 Å². The van der Waals surface area contributed by atoms with Crippen LogP contribution in [-0.4, -0.2) is 60.4 Å². The molecule has 2 spiro atoms. The van der Waals surface area contributed by atoms with Crippen LogP contribution in [-0.2, 0) is 21.4 Å². The molecular formula is C30H40N2O4. The summed E-state index contributed by atoms with van der Waals surface area (Å²) in [6.45, 7) is 3.01. The molecule has 4 bridgehead atoms. The van der Waals surface area contributed by atoms with Crippen molar-refractivity contribution in [3.05, 3.63) is 23.3 Å². The highest BCUT2D eigenvalue weighted by Crippen LogP contribution is 2.76. The lowest BCUT2D eigenvalue weighted by Gasteiger charge is -2.74. The van der Waals surface area contributed by atoms with Gasteiger partial charge in [0.1, 0.15) is 11.7 Å². The van der Waals surface area contributed by atoms with E-state index < -0.39 is 5.60 Å².